The Morgan fingerprint density at radius 3 is 2.76 bits per heavy atom. The number of hydrogen-bond donors (Lipinski definition) is 1. The van der Waals surface area contributed by atoms with Crippen LogP contribution in [0.25, 0.3) is 0 Å². The van der Waals surface area contributed by atoms with E-state index in [2.05, 4.69) is 21.7 Å². The maximum atomic E-state index is 12.4. The molecule has 1 aliphatic rings. The summed E-state index contributed by atoms with van der Waals surface area (Å²) >= 11 is 4.64. The molecule has 1 aliphatic carbocycles. The van der Waals surface area contributed by atoms with Crippen LogP contribution in [-0.2, 0) is 4.79 Å². The molecule has 0 saturated heterocycles. The van der Waals surface area contributed by atoms with Gasteiger partial charge in [0, 0.05) is 29.3 Å². The molecular weight excluding hydrogens is 252 g/mol. The fraction of sp³-hybridized carbons (Fsp3) is 0.364. The Hall–Kier alpha value is -1.36. The second-order valence-corrected chi connectivity index (χ2v) is 4.28. The van der Waals surface area contributed by atoms with Gasteiger partial charge in [-0.1, -0.05) is 6.07 Å². The van der Waals surface area contributed by atoms with Crippen LogP contribution in [0.5, 0.6) is 5.75 Å². The Labute approximate surface area is 102 Å². The predicted molar refractivity (Wildman–Crippen MR) is 59.2 cm³/mol. The molecule has 0 spiro atoms. The Bertz CT molecular complexity index is 430. The fourth-order valence-electron chi connectivity index (χ4n) is 1.36. The average molecular weight is 262 g/mol. The zero-order valence-corrected chi connectivity index (χ0v) is 9.51. The zero-order valence-electron chi connectivity index (χ0n) is 8.75. The number of rotatable bonds is 4. The summed E-state index contributed by atoms with van der Waals surface area (Å²) in [6, 6.07) is 5.74. The first-order valence-corrected chi connectivity index (χ1v) is 5.48. The quantitative estimate of drug-likeness (QED) is 0.845. The standard InChI is InChI=1S/C11H10ClF2NO2/c12-11(13,14)17-9-3-1-2-8(6-9)15-10(16)7-4-5-7/h1-3,6-7H,4-5H2,(H,15,16). The summed E-state index contributed by atoms with van der Waals surface area (Å²) in [5.74, 6) is -0.146. The number of carbonyl (C=O) groups excluding carboxylic acids is 1. The minimum absolute atomic E-state index is 0.0500. The topological polar surface area (TPSA) is 38.3 Å². The molecule has 0 heterocycles. The van der Waals surface area contributed by atoms with E-state index in [9.17, 15) is 13.6 Å². The molecule has 1 amide bonds. The maximum absolute atomic E-state index is 12.4. The van der Waals surface area contributed by atoms with Crippen LogP contribution in [-0.4, -0.2) is 11.5 Å². The molecule has 6 heteroatoms. The highest BCUT2D eigenvalue weighted by Crippen LogP contribution is 2.31. The lowest BCUT2D eigenvalue weighted by atomic mass is 10.3. The zero-order chi connectivity index (χ0) is 12.5. The van der Waals surface area contributed by atoms with Gasteiger partial charge in [0.2, 0.25) is 5.91 Å². The highest BCUT2D eigenvalue weighted by atomic mass is 35.5. The SMILES string of the molecule is O=C(Nc1cccc(OC(F)(F)Cl)c1)C1CC1. The number of ether oxygens (including phenoxy) is 1. The van der Waals surface area contributed by atoms with Crippen LogP contribution in [0.15, 0.2) is 24.3 Å². The number of carbonyl (C=O) groups is 1. The van der Waals surface area contributed by atoms with E-state index in [1.807, 2.05) is 0 Å². The molecule has 92 valence electrons. The molecule has 1 aromatic carbocycles. The van der Waals surface area contributed by atoms with E-state index < -0.39 is 5.57 Å². The lowest BCUT2D eigenvalue weighted by molar-refractivity contribution is -0.117. The van der Waals surface area contributed by atoms with Crippen molar-refractivity contribution in [2.45, 2.75) is 18.4 Å². The number of halogens is 3. The highest BCUT2D eigenvalue weighted by molar-refractivity contribution is 6.20. The summed E-state index contributed by atoms with van der Waals surface area (Å²) in [7, 11) is 0. The van der Waals surface area contributed by atoms with Gasteiger partial charge in [-0.2, -0.15) is 0 Å². The van der Waals surface area contributed by atoms with Gasteiger partial charge in [-0.05, 0) is 25.0 Å². The third-order valence-corrected chi connectivity index (χ3v) is 2.36. The Kier molecular flexibility index (Phi) is 3.19. The monoisotopic (exact) mass is 261 g/mol. The molecule has 17 heavy (non-hydrogen) atoms. The number of nitrogens with one attached hydrogen (secondary N) is 1. The van der Waals surface area contributed by atoms with Crippen molar-refractivity contribution < 1.29 is 18.3 Å². The van der Waals surface area contributed by atoms with Gasteiger partial charge in [0.1, 0.15) is 5.75 Å². The average Bonchev–Trinajstić information content (AvgIpc) is 2.97. The molecule has 1 saturated carbocycles. The van der Waals surface area contributed by atoms with Crippen molar-refractivity contribution in [1.82, 2.24) is 0 Å². The molecule has 0 aliphatic heterocycles. The first-order chi connectivity index (χ1) is 7.94. The second kappa shape index (κ2) is 4.49. The molecule has 1 N–H and O–H groups in total. The van der Waals surface area contributed by atoms with Crippen molar-refractivity contribution in [3.8, 4) is 5.75 Å². The van der Waals surface area contributed by atoms with Crippen molar-refractivity contribution in [2.75, 3.05) is 5.32 Å². The van der Waals surface area contributed by atoms with Gasteiger partial charge in [0.15, 0.2) is 0 Å². The van der Waals surface area contributed by atoms with Crippen LogP contribution in [0.1, 0.15) is 12.8 Å². The number of anilines is 1. The van der Waals surface area contributed by atoms with E-state index in [1.165, 1.54) is 18.2 Å². The minimum atomic E-state index is -3.75. The molecular formula is C11H10ClF2NO2. The lowest BCUT2D eigenvalue weighted by Gasteiger charge is -2.11. The first-order valence-electron chi connectivity index (χ1n) is 5.11. The van der Waals surface area contributed by atoms with E-state index >= 15 is 0 Å². The summed E-state index contributed by atoms with van der Waals surface area (Å²) in [6.45, 7) is 0. The van der Waals surface area contributed by atoms with Gasteiger partial charge < -0.3 is 10.1 Å². The van der Waals surface area contributed by atoms with Gasteiger partial charge in [0.25, 0.3) is 0 Å². The smallest absolute Gasteiger partial charge is 0.420 e. The summed E-state index contributed by atoms with van der Waals surface area (Å²) in [5, 5.41) is 2.62. The molecule has 0 aromatic heterocycles. The highest BCUT2D eigenvalue weighted by Gasteiger charge is 2.30. The Morgan fingerprint density at radius 2 is 2.18 bits per heavy atom. The van der Waals surface area contributed by atoms with Gasteiger partial charge in [-0.25, -0.2) is 0 Å². The van der Waals surface area contributed by atoms with Crippen molar-refractivity contribution in [2.24, 2.45) is 5.92 Å². The Morgan fingerprint density at radius 1 is 1.47 bits per heavy atom. The molecule has 0 atom stereocenters. The number of amides is 1. The van der Waals surface area contributed by atoms with E-state index in [-0.39, 0.29) is 17.6 Å². The summed E-state index contributed by atoms with van der Waals surface area (Å²) < 4.78 is 29.0. The molecule has 1 fully saturated rings. The van der Waals surface area contributed by atoms with Crippen LogP contribution in [0.2, 0.25) is 0 Å². The number of hydrogen-bond acceptors (Lipinski definition) is 2. The Balaban J connectivity index is 2.03. The molecule has 0 unspecified atom stereocenters. The lowest BCUT2D eigenvalue weighted by Crippen LogP contribution is -2.16. The third kappa shape index (κ3) is 3.85. The van der Waals surface area contributed by atoms with Crippen LogP contribution >= 0.6 is 11.6 Å². The minimum Gasteiger partial charge on any atom is -0.420 e. The molecule has 0 bridgehead atoms. The second-order valence-electron chi connectivity index (χ2n) is 3.84. The maximum Gasteiger partial charge on any atom is 0.487 e. The van der Waals surface area contributed by atoms with Gasteiger partial charge in [0.05, 0.1) is 0 Å². The van der Waals surface area contributed by atoms with Crippen molar-refractivity contribution in [3.05, 3.63) is 24.3 Å². The van der Waals surface area contributed by atoms with Crippen LogP contribution < -0.4 is 10.1 Å². The number of alkyl halides is 3. The van der Waals surface area contributed by atoms with E-state index in [4.69, 9.17) is 0 Å². The number of benzene rings is 1. The van der Waals surface area contributed by atoms with Gasteiger partial charge in [-0.15, -0.1) is 8.78 Å². The summed E-state index contributed by atoms with van der Waals surface area (Å²) in [4.78, 5) is 11.4. The van der Waals surface area contributed by atoms with Crippen LogP contribution in [0.3, 0.4) is 0 Å². The molecule has 1 aromatic rings. The third-order valence-electron chi connectivity index (χ3n) is 2.28. The van der Waals surface area contributed by atoms with E-state index in [0.717, 1.165) is 12.8 Å². The van der Waals surface area contributed by atoms with E-state index in [1.54, 1.807) is 6.07 Å². The molecule has 0 radical (unpaired) electrons. The van der Waals surface area contributed by atoms with Crippen LogP contribution in [0, 0.1) is 5.92 Å². The van der Waals surface area contributed by atoms with E-state index in [0.29, 0.717) is 5.69 Å². The fourth-order valence-corrected chi connectivity index (χ4v) is 1.45. The predicted octanol–water partition coefficient (Wildman–Crippen LogP) is 3.20. The first kappa shape index (κ1) is 12.1. The van der Waals surface area contributed by atoms with Crippen molar-refractivity contribution in [1.29, 1.82) is 0 Å². The van der Waals surface area contributed by atoms with Crippen molar-refractivity contribution >= 4 is 23.2 Å². The normalized spacial score (nSPS) is 15.5. The molecule has 2 rings (SSSR count). The summed E-state index contributed by atoms with van der Waals surface area (Å²) in [5.41, 5.74) is -3.33. The van der Waals surface area contributed by atoms with Gasteiger partial charge >= 0.3 is 5.57 Å². The largest absolute Gasteiger partial charge is 0.487 e. The summed E-state index contributed by atoms with van der Waals surface area (Å²) in [6.07, 6.45) is 1.75. The van der Waals surface area contributed by atoms with Gasteiger partial charge in [-0.3, -0.25) is 4.79 Å². The van der Waals surface area contributed by atoms with Crippen molar-refractivity contribution in [3.63, 3.8) is 0 Å². The molecule has 3 nitrogen and oxygen atoms in total. The van der Waals surface area contributed by atoms with Crippen LogP contribution in [0.4, 0.5) is 14.5 Å².